The lowest BCUT2D eigenvalue weighted by atomic mass is 9.91. The van der Waals surface area contributed by atoms with Gasteiger partial charge in [0.05, 0.1) is 22.5 Å². The van der Waals surface area contributed by atoms with Crippen LogP contribution in [-0.2, 0) is 0 Å². The van der Waals surface area contributed by atoms with Gasteiger partial charge in [0.15, 0.2) is 0 Å². The van der Waals surface area contributed by atoms with Gasteiger partial charge in [-0.05, 0) is 38.0 Å². The van der Waals surface area contributed by atoms with Gasteiger partial charge >= 0.3 is 0 Å². The molecule has 0 aromatic carbocycles. The van der Waals surface area contributed by atoms with Gasteiger partial charge in [0.1, 0.15) is 11.6 Å². The number of carbonyl (C=O) groups excluding carboxylic acids is 1. The molecule has 0 radical (unpaired) electrons. The number of aryl methyl sites for hydroxylation is 1. The molecule has 1 aliphatic carbocycles. The molecule has 0 aliphatic heterocycles. The molecule has 2 heterocycles. The minimum absolute atomic E-state index is 0.0511. The number of rotatable bonds is 5. The molecule has 26 heavy (non-hydrogen) atoms. The molecule has 1 saturated carbocycles. The Morgan fingerprint density at radius 1 is 1.27 bits per heavy atom. The van der Waals surface area contributed by atoms with Crippen LogP contribution in [0.4, 0.5) is 17.3 Å². The van der Waals surface area contributed by atoms with E-state index in [2.05, 4.69) is 20.6 Å². The van der Waals surface area contributed by atoms with Crippen molar-refractivity contribution in [3.05, 3.63) is 40.7 Å². The number of nitrogens with one attached hydrogen (secondary N) is 2. The molecule has 1 amide bonds. The predicted octanol–water partition coefficient (Wildman–Crippen LogP) is 2.96. The zero-order valence-electron chi connectivity index (χ0n) is 14.6. The zero-order valence-corrected chi connectivity index (χ0v) is 15.4. The monoisotopic (exact) mass is 374 g/mol. The third kappa shape index (κ3) is 4.23. The van der Waals surface area contributed by atoms with Crippen LogP contribution in [0.15, 0.2) is 24.4 Å². The fourth-order valence-corrected chi connectivity index (χ4v) is 3.27. The molecule has 7 nitrogen and oxygen atoms in total. The number of hydrogen-bond acceptors (Lipinski definition) is 6. The maximum absolute atomic E-state index is 11.8. The van der Waals surface area contributed by atoms with Crippen molar-refractivity contribution in [1.82, 2.24) is 9.97 Å². The van der Waals surface area contributed by atoms with Gasteiger partial charge < -0.3 is 22.1 Å². The summed E-state index contributed by atoms with van der Waals surface area (Å²) in [6.45, 7) is 1.90. The molecule has 3 rings (SSSR count). The lowest BCUT2D eigenvalue weighted by Gasteiger charge is -2.30. The Labute approximate surface area is 157 Å². The highest BCUT2D eigenvalue weighted by atomic mass is 35.5. The van der Waals surface area contributed by atoms with Crippen LogP contribution in [0.25, 0.3) is 0 Å². The fourth-order valence-electron chi connectivity index (χ4n) is 3.07. The maximum atomic E-state index is 11.8. The van der Waals surface area contributed by atoms with Crippen molar-refractivity contribution in [2.24, 2.45) is 11.5 Å². The molecular weight excluding hydrogens is 352 g/mol. The Morgan fingerprint density at radius 2 is 2.04 bits per heavy atom. The predicted molar refractivity (Wildman–Crippen MR) is 104 cm³/mol. The SMILES string of the molecule is Cc1ccc(Nc2nc(NC3CCCC[C@@H]3N)c(Cl)cc2C(N)=O)cn1. The second-order valence-electron chi connectivity index (χ2n) is 6.59. The maximum Gasteiger partial charge on any atom is 0.252 e. The van der Waals surface area contributed by atoms with Crippen LogP contribution in [0, 0.1) is 6.92 Å². The summed E-state index contributed by atoms with van der Waals surface area (Å²) in [5.41, 5.74) is 13.5. The molecule has 0 bridgehead atoms. The van der Waals surface area contributed by atoms with Crippen molar-refractivity contribution >= 4 is 34.8 Å². The first-order valence-electron chi connectivity index (χ1n) is 8.66. The number of pyridine rings is 2. The second kappa shape index (κ2) is 7.88. The number of nitrogens with zero attached hydrogens (tertiary/aromatic N) is 2. The lowest BCUT2D eigenvalue weighted by Crippen LogP contribution is -2.42. The standard InChI is InChI=1S/C18H23ClN6O/c1-10-6-7-11(9-22-10)23-17-12(16(21)26)8-13(19)18(25-17)24-15-5-3-2-4-14(15)20/h6-9,14-15H,2-5,20H2,1H3,(H2,21,26)(H2,23,24,25)/t14-,15?/m0/s1. The molecule has 2 aromatic rings. The van der Waals surface area contributed by atoms with E-state index in [0.717, 1.165) is 31.4 Å². The first-order chi connectivity index (χ1) is 12.4. The van der Waals surface area contributed by atoms with Gasteiger partial charge in [0, 0.05) is 17.8 Å². The van der Waals surface area contributed by atoms with Gasteiger partial charge in [-0.2, -0.15) is 0 Å². The molecule has 0 saturated heterocycles. The topological polar surface area (TPSA) is 119 Å². The highest BCUT2D eigenvalue weighted by Crippen LogP contribution is 2.30. The summed E-state index contributed by atoms with van der Waals surface area (Å²) in [6, 6.07) is 5.39. The van der Waals surface area contributed by atoms with Gasteiger partial charge in [-0.15, -0.1) is 0 Å². The summed E-state index contributed by atoms with van der Waals surface area (Å²) < 4.78 is 0. The van der Waals surface area contributed by atoms with Crippen LogP contribution in [0.3, 0.4) is 0 Å². The number of amides is 1. The number of primary amides is 1. The Morgan fingerprint density at radius 3 is 2.69 bits per heavy atom. The number of carbonyl (C=O) groups is 1. The minimum atomic E-state index is -0.608. The summed E-state index contributed by atoms with van der Waals surface area (Å²) in [5.74, 6) is 0.212. The summed E-state index contributed by atoms with van der Waals surface area (Å²) in [4.78, 5) is 20.5. The van der Waals surface area contributed by atoms with Crippen molar-refractivity contribution in [2.45, 2.75) is 44.7 Å². The Bertz CT molecular complexity index is 795. The van der Waals surface area contributed by atoms with Crippen LogP contribution in [0.5, 0.6) is 0 Å². The number of halogens is 1. The van der Waals surface area contributed by atoms with E-state index in [1.807, 2.05) is 19.1 Å². The third-order valence-corrected chi connectivity index (χ3v) is 4.85. The van der Waals surface area contributed by atoms with E-state index in [-0.39, 0.29) is 17.6 Å². The Hall–Kier alpha value is -2.38. The third-order valence-electron chi connectivity index (χ3n) is 4.56. The molecule has 0 spiro atoms. The zero-order chi connectivity index (χ0) is 18.7. The van der Waals surface area contributed by atoms with E-state index in [1.54, 1.807) is 6.20 Å². The van der Waals surface area contributed by atoms with Crippen LogP contribution in [0.1, 0.15) is 41.7 Å². The molecule has 1 aliphatic rings. The largest absolute Gasteiger partial charge is 0.365 e. The number of nitrogens with two attached hydrogens (primary N) is 2. The summed E-state index contributed by atoms with van der Waals surface area (Å²) in [5, 5.41) is 6.75. The van der Waals surface area contributed by atoms with Crippen molar-refractivity contribution in [1.29, 1.82) is 0 Å². The van der Waals surface area contributed by atoms with E-state index in [4.69, 9.17) is 23.1 Å². The second-order valence-corrected chi connectivity index (χ2v) is 7.00. The number of aromatic nitrogens is 2. The minimum Gasteiger partial charge on any atom is -0.365 e. The molecule has 2 atom stereocenters. The average molecular weight is 375 g/mol. The van der Waals surface area contributed by atoms with Crippen molar-refractivity contribution in [3.8, 4) is 0 Å². The van der Waals surface area contributed by atoms with Gasteiger partial charge in [-0.3, -0.25) is 9.78 Å². The van der Waals surface area contributed by atoms with Crippen LogP contribution in [-0.4, -0.2) is 28.0 Å². The number of hydrogen-bond donors (Lipinski definition) is 4. The van der Waals surface area contributed by atoms with Crippen LogP contribution < -0.4 is 22.1 Å². The quantitative estimate of drug-likeness (QED) is 0.638. The Balaban J connectivity index is 1.90. The molecular formula is C18H23ClN6O. The van der Waals surface area contributed by atoms with Gasteiger partial charge in [0.25, 0.3) is 5.91 Å². The molecule has 6 N–H and O–H groups in total. The van der Waals surface area contributed by atoms with E-state index < -0.39 is 5.91 Å². The smallest absolute Gasteiger partial charge is 0.252 e. The van der Waals surface area contributed by atoms with Crippen LogP contribution >= 0.6 is 11.6 Å². The van der Waals surface area contributed by atoms with E-state index in [0.29, 0.717) is 22.3 Å². The van der Waals surface area contributed by atoms with Crippen molar-refractivity contribution in [2.75, 3.05) is 10.6 Å². The highest BCUT2D eigenvalue weighted by molar-refractivity contribution is 6.33. The molecule has 1 fully saturated rings. The molecule has 1 unspecified atom stereocenters. The summed E-state index contributed by atoms with van der Waals surface area (Å²) in [7, 11) is 0. The van der Waals surface area contributed by atoms with Gasteiger partial charge in [0.2, 0.25) is 0 Å². The van der Waals surface area contributed by atoms with E-state index in [1.165, 1.54) is 6.07 Å². The average Bonchev–Trinajstić information content (AvgIpc) is 2.61. The van der Waals surface area contributed by atoms with E-state index in [9.17, 15) is 4.79 Å². The van der Waals surface area contributed by atoms with Crippen molar-refractivity contribution in [3.63, 3.8) is 0 Å². The lowest BCUT2D eigenvalue weighted by molar-refractivity contribution is 0.100. The summed E-state index contributed by atoms with van der Waals surface area (Å²) >= 11 is 6.32. The van der Waals surface area contributed by atoms with Crippen LogP contribution in [0.2, 0.25) is 5.02 Å². The molecule has 2 aromatic heterocycles. The first kappa shape index (κ1) is 18.4. The fraction of sp³-hybridized carbons (Fsp3) is 0.389. The Kier molecular flexibility index (Phi) is 5.58. The highest BCUT2D eigenvalue weighted by Gasteiger charge is 2.24. The van der Waals surface area contributed by atoms with E-state index >= 15 is 0 Å². The van der Waals surface area contributed by atoms with Gasteiger partial charge in [-0.25, -0.2) is 4.98 Å². The normalized spacial score (nSPS) is 19.8. The molecule has 138 valence electrons. The van der Waals surface area contributed by atoms with Crippen molar-refractivity contribution < 1.29 is 4.79 Å². The first-order valence-corrected chi connectivity index (χ1v) is 9.04. The number of anilines is 3. The summed E-state index contributed by atoms with van der Waals surface area (Å²) in [6.07, 6.45) is 5.84. The molecule has 8 heteroatoms. The van der Waals surface area contributed by atoms with Gasteiger partial charge in [-0.1, -0.05) is 24.4 Å².